The summed E-state index contributed by atoms with van der Waals surface area (Å²) >= 11 is 3.57. The number of nitrogens with zero attached hydrogens (tertiary/aromatic N) is 1. The van der Waals surface area contributed by atoms with Crippen molar-refractivity contribution in [3.05, 3.63) is 28.2 Å². The van der Waals surface area contributed by atoms with Gasteiger partial charge in [0.1, 0.15) is 0 Å². The standard InChI is InChI=1S/C13H16BrN/c14-12-6-5-11-2-1-7-15(13(11)8-12)9-10-3-4-10/h5-6,8,10H,1-4,7,9H2. The number of fused-ring (bicyclic) bond motifs is 1. The molecule has 1 aliphatic heterocycles. The Labute approximate surface area is 99.6 Å². The normalized spacial score (nSPS) is 20.2. The molecule has 1 heterocycles. The van der Waals surface area contributed by atoms with E-state index in [1.54, 1.807) is 0 Å². The Morgan fingerprint density at radius 2 is 2.20 bits per heavy atom. The molecule has 0 radical (unpaired) electrons. The van der Waals surface area contributed by atoms with E-state index in [0.717, 1.165) is 5.92 Å². The highest BCUT2D eigenvalue weighted by Crippen LogP contribution is 2.35. The van der Waals surface area contributed by atoms with Crippen molar-refractivity contribution in [1.29, 1.82) is 0 Å². The van der Waals surface area contributed by atoms with Crippen molar-refractivity contribution < 1.29 is 0 Å². The summed E-state index contributed by atoms with van der Waals surface area (Å²) in [4.78, 5) is 2.58. The summed E-state index contributed by atoms with van der Waals surface area (Å²) in [6.07, 6.45) is 5.46. The number of aryl methyl sites for hydroxylation is 1. The highest BCUT2D eigenvalue weighted by atomic mass is 79.9. The maximum Gasteiger partial charge on any atom is 0.0410 e. The zero-order chi connectivity index (χ0) is 10.3. The van der Waals surface area contributed by atoms with Crippen LogP contribution in [0.15, 0.2) is 22.7 Å². The van der Waals surface area contributed by atoms with Gasteiger partial charge in [0.05, 0.1) is 0 Å². The lowest BCUT2D eigenvalue weighted by atomic mass is 10.0. The summed E-state index contributed by atoms with van der Waals surface area (Å²) in [5.74, 6) is 0.981. The lowest BCUT2D eigenvalue weighted by molar-refractivity contribution is 0.657. The highest BCUT2D eigenvalue weighted by molar-refractivity contribution is 9.10. The Bertz CT molecular complexity index is 371. The average molecular weight is 266 g/mol. The molecule has 0 N–H and O–H groups in total. The monoisotopic (exact) mass is 265 g/mol. The Hall–Kier alpha value is -0.500. The van der Waals surface area contributed by atoms with Crippen LogP contribution < -0.4 is 4.90 Å². The van der Waals surface area contributed by atoms with Crippen molar-refractivity contribution in [2.45, 2.75) is 25.7 Å². The first-order valence-electron chi connectivity index (χ1n) is 5.86. The molecule has 1 fully saturated rings. The van der Waals surface area contributed by atoms with Crippen LogP contribution in [-0.4, -0.2) is 13.1 Å². The molecule has 0 unspecified atom stereocenters. The van der Waals surface area contributed by atoms with E-state index in [9.17, 15) is 0 Å². The van der Waals surface area contributed by atoms with Gasteiger partial charge in [0.25, 0.3) is 0 Å². The minimum atomic E-state index is 0.981. The van der Waals surface area contributed by atoms with Crippen LogP contribution in [0.25, 0.3) is 0 Å². The summed E-state index contributed by atoms with van der Waals surface area (Å²) in [5, 5.41) is 0. The van der Waals surface area contributed by atoms with E-state index in [-0.39, 0.29) is 0 Å². The molecule has 0 bridgehead atoms. The van der Waals surface area contributed by atoms with Gasteiger partial charge in [-0.15, -0.1) is 0 Å². The van der Waals surface area contributed by atoms with Crippen LogP contribution in [0.4, 0.5) is 5.69 Å². The Morgan fingerprint density at radius 3 is 3.00 bits per heavy atom. The van der Waals surface area contributed by atoms with Crippen molar-refractivity contribution in [1.82, 2.24) is 0 Å². The molecule has 3 rings (SSSR count). The first-order valence-corrected chi connectivity index (χ1v) is 6.65. The summed E-state index contributed by atoms with van der Waals surface area (Å²) in [6, 6.07) is 6.73. The van der Waals surface area contributed by atoms with Gasteiger partial charge in [-0.25, -0.2) is 0 Å². The van der Waals surface area contributed by atoms with Gasteiger partial charge in [-0.05, 0) is 49.3 Å². The summed E-state index contributed by atoms with van der Waals surface area (Å²) < 4.78 is 1.21. The molecule has 1 nitrogen and oxygen atoms in total. The van der Waals surface area contributed by atoms with Gasteiger partial charge in [0.15, 0.2) is 0 Å². The third-order valence-electron chi connectivity index (χ3n) is 3.44. The fourth-order valence-electron chi connectivity index (χ4n) is 2.43. The van der Waals surface area contributed by atoms with Crippen LogP contribution in [0.5, 0.6) is 0 Å². The second kappa shape index (κ2) is 3.82. The van der Waals surface area contributed by atoms with Crippen molar-refractivity contribution >= 4 is 21.6 Å². The molecule has 0 spiro atoms. The van der Waals surface area contributed by atoms with Crippen LogP contribution in [0.1, 0.15) is 24.8 Å². The lowest BCUT2D eigenvalue weighted by Gasteiger charge is -2.31. The molecule has 1 aliphatic carbocycles. The molecule has 0 amide bonds. The molecular weight excluding hydrogens is 250 g/mol. The number of benzene rings is 1. The first-order chi connectivity index (χ1) is 7.33. The van der Waals surface area contributed by atoms with Gasteiger partial charge >= 0.3 is 0 Å². The third-order valence-corrected chi connectivity index (χ3v) is 3.93. The molecule has 1 saturated carbocycles. The van der Waals surface area contributed by atoms with Crippen LogP contribution in [-0.2, 0) is 6.42 Å². The van der Waals surface area contributed by atoms with E-state index in [1.807, 2.05) is 0 Å². The second-order valence-electron chi connectivity index (χ2n) is 4.77. The highest BCUT2D eigenvalue weighted by Gasteiger charge is 2.26. The van der Waals surface area contributed by atoms with Crippen molar-refractivity contribution in [2.24, 2.45) is 5.92 Å². The molecular formula is C13H16BrN. The fraction of sp³-hybridized carbons (Fsp3) is 0.538. The van der Waals surface area contributed by atoms with E-state index in [0.29, 0.717) is 0 Å². The Kier molecular flexibility index (Phi) is 2.47. The molecule has 0 atom stereocenters. The maximum absolute atomic E-state index is 3.57. The van der Waals surface area contributed by atoms with Gasteiger partial charge < -0.3 is 4.90 Å². The SMILES string of the molecule is Brc1ccc2c(c1)N(CC1CC1)CCC2. The van der Waals surface area contributed by atoms with Gasteiger partial charge in [0.2, 0.25) is 0 Å². The Balaban J connectivity index is 1.89. The van der Waals surface area contributed by atoms with Gasteiger partial charge in [-0.1, -0.05) is 22.0 Å². The van der Waals surface area contributed by atoms with E-state index < -0.39 is 0 Å². The molecule has 0 saturated heterocycles. The average Bonchev–Trinajstić information content (AvgIpc) is 3.03. The Morgan fingerprint density at radius 1 is 1.33 bits per heavy atom. The fourth-order valence-corrected chi connectivity index (χ4v) is 2.77. The number of rotatable bonds is 2. The molecule has 80 valence electrons. The molecule has 2 aliphatic rings. The number of hydrogen-bond donors (Lipinski definition) is 0. The van der Waals surface area contributed by atoms with Gasteiger partial charge in [-0.2, -0.15) is 0 Å². The van der Waals surface area contributed by atoms with Crippen molar-refractivity contribution in [3.8, 4) is 0 Å². The minimum absolute atomic E-state index is 0.981. The van der Waals surface area contributed by atoms with Crippen LogP contribution in [0.3, 0.4) is 0 Å². The quantitative estimate of drug-likeness (QED) is 0.790. The van der Waals surface area contributed by atoms with Crippen LogP contribution in [0, 0.1) is 5.92 Å². The first kappa shape index (κ1) is 9.71. The minimum Gasteiger partial charge on any atom is -0.371 e. The molecule has 2 heteroatoms. The zero-order valence-corrected chi connectivity index (χ0v) is 10.5. The summed E-state index contributed by atoms with van der Waals surface area (Å²) in [7, 11) is 0. The molecule has 1 aromatic rings. The smallest absolute Gasteiger partial charge is 0.0410 e. The van der Waals surface area contributed by atoms with E-state index >= 15 is 0 Å². The lowest BCUT2D eigenvalue weighted by Crippen LogP contribution is -2.31. The third kappa shape index (κ3) is 2.05. The van der Waals surface area contributed by atoms with E-state index in [1.165, 1.54) is 54.5 Å². The largest absolute Gasteiger partial charge is 0.371 e. The van der Waals surface area contributed by atoms with Crippen molar-refractivity contribution in [2.75, 3.05) is 18.0 Å². The van der Waals surface area contributed by atoms with Gasteiger partial charge in [0, 0.05) is 23.2 Å². The number of halogens is 1. The number of anilines is 1. The molecule has 15 heavy (non-hydrogen) atoms. The topological polar surface area (TPSA) is 3.24 Å². The van der Waals surface area contributed by atoms with Crippen molar-refractivity contribution in [3.63, 3.8) is 0 Å². The van der Waals surface area contributed by atoms with Crippen LogP contribution in [0.2, 0.25) is 0 Å². The maximum atomic E-state index is 3.57. The van der Waals surface area contributed by atoms with Gasteiger partial charge in [-0.3, -0.25) is 0 Å². The zero-order valence-electron chi connectivity index (χ0n) is 8.88. The van der Waals surface area contributed by atoms with E-state index in [4.69, 9.17) is 0 Å². The predicted molar refractivity (Wildman–Crippen MR) is 67.4 cm³/mol. The molecule has 0 aromatic heterocycles. The predicted octanol–water partition coefficient (Wildman–Crippen LogP) is 3.61. The second-order valence-corrected chi connectivity index (χ2v) is 5.68. The summed E-state index contributed by atoms with van der Waals surface area (Å²) in [5.41, 5.74) is 3.01. The molecule has 1 aromatic carbocycles. The van der Waals surface area contributed by atoms with Crippen LogP contribution >= 0.6 is 15.9 Å². The number of hydrogen-bond acceptors (Lipinski definition) is 1. The summed E-state index contributed by atoms with van der Waals surface area (Å²) in [6.45, 7) is 2.53. The van der Waals surface area contributed by atoms with E-state index in [2.05, 4.69) is 39.0 Å².